The van der Waals surface area contributed by atoms with Gasteiger partial charge in [0.1, 0.15) is 11.6 Å². The molecule has 0 aliphatic heterocycles. The molecule has 0 spiro atoms. The Labute approximate surface area is 168 Å². The van der Waals surface area contributed by atoms with Crippen LogP contribution in [0.5, 0.6) is 0 Å². The summed E-state index contributed by atoms with van der Waals surface area (Å²) in [6.07, 6.45) is 0. The first-order valence-electron chi connectivity index (χ1n) is 6.28. The number of rotatable bonds is 3. The SMILES string of the molecule is CC(=O)c1ccc(F)cc1.O=C(CBr)c1ccc(F)cc1.[Br][Cu][Br]. The van der Waals surface area contributed by atoms with Crippen LogP contribution < -0.4 is 0 Å². The van der Waals surface area contributed by atoms with Crippen molar-refractivity contribution in [1.82, 2.24) is 0 Å². The Morgan fingerprint density at radius 1 is 0.875 bits per heavy atom. The number of carbonyl (C=O) groups excluding carboxylic acids is 2. The second-order valence-electron chi connectivity index (χ2n) is 4.17. The van der Waals surface area contributed by atoms with E-state index in [1.165, 1.54) is 66.8 Å². The standard InChI is InChI=1S/C8H6BrFO.C8H7FO.2BrH.Cu/c9-5-8(11)6-1-3-7(10)4-2-6;1-6(10)7-2-4-8(9)5-3-7;;;/h1-4H,5H2;2-5H,1H3;2*1H;/q;;;;+2/p-2. The molecule has 0 amide bonds. The van der Waals surface area contributed by atoms with Gasteiger partial charge >= 0.3 is 39.6 Å². The van der Waals surface area contributed by atoms with Crippen molar-refractivity contribution < 1.29 is 29.7 Å². The predicted octanol–water partition coefficient (Wildman–Crippen LogP) is 6.12. The fourth-order valence-electron chi connectivity index (χ4n) is 1.40. The summed E-state index contributed by atoms with van der Waals surface area (Å²) >= 11 is 10.4. The Kier molecular flexibility index (Phi) is 13.6. The molecule has 0 saturated heterocycles. The Balaban J connectivity index is 0.000000381. The summed E-state index contributed by atoms with van der Waals surface area (Å²) in [5, 5.41) is 0.276. The molecule has 2 aromatic rings. The van der Waals surface area contributed by atoms with Gasteiger partial charge < -0.3 is 0 Å². The summed E-state index contributed by atoms with van der Waals surface area (Å²) < 4.78 is 24.6. The van der Waals surface area contributed by atoms with Gasteiger partial charge in [-0.15, -0.1) is 0 Å². The van der Waals surface area contributed by atoms with Gasteiger partial charge in [0.05, 0.1) is 5.33 Å². The number of benzene rings is 2. The predicted molar refractivity (Wildman–Crippen MR) is 98.8 cm³/mol. The molecule has 0 bridgehead atoms. The number of ketones is 2. The van der Waals surface area contributed by atoms with Gasteiger partial charge in [0, 0.05) is 11.1 Å². The molecule has 0 saturated carbocycles. The monoisotopic (exact) mass is 575 g/mol. The molecule has 0 aliphatic carbocycles. The molecule has 0 fully saturated rings. The van der Waals surface area contributed by atoms with E-state index in [2.05, 4.69) is 44.2 Å². The van der Waals surface area contributed by atoms with Gasteiger partial charge in [-0.25, -0.2) is 8.78 Å². The third kappa shape index (κ3) is 10.5. The Bertz CT molecular complexity index is 635. The average molecular weight is 579 g/mol. The van der Waals surface area contributed by atoms with Gasteiger partial charge in [0.25, 0.3) is 0 Å². The average Bonchev–Trinajstić information content (AvgIpc) is 2.56. The summed E-state index contributed by atoms with van der Waals surface area (Å²) in [4.78, 5) is 21.6. The van der Waals surface area contributed by atoms with Crippen LogP contribution in [0.4, 0.5) is 8.78 Å². The number of carbonyl (C=O) groups is 2. The van der Waals surface area contributed by atoms with E-state index in [0.29, 0.717) is 11.1 Å². The molecular formula is C16H13Br3CuF2O2. The van der Waals surface area contributed by atoms with E-state index in [9.17, 15) is 18.4 Å². The summed E-state index contributed by atoms with van der Waals surface area (Å²) in [5.41, 5.74) is 1.07. The molecule has 135 valence electrons. The minimum absolute atomic E-state index is 0.0370. The molecule has 2 nitrogen and oxygen atoms in total. The second-order valence-corrected chi connectivity index (χ2v) is 9.48. The third-order valence-electron chi connectivity index (χ3n) is 2.54. The fraction of sp³-hybridized carbons (Fsp3) is 0.125. The molecule has 8 heteroatoms. The normalized spacial score (nSPS) is 9.25. The van der Waals surface area contributed by atoms with Crippen molar-refractivity contribution in [3.8, 4) is 0 Å². The van der Waals surface area contributed by atoms with Crippen LogP contribution in [0.15, 0.2) is 48.5 Å². The first-order valence-corrected chi connectivity index (χ1v) is 12.1. The van der Waals surface area contributed by atoms with E-state index < -0.39 is 0 Å². The van der Waals surface area contributed by atoms with E-state index in [4.69, 9.17) is 0 Å². The van der Waals surface area contributed by atoms with Gasteiger partial charge in [-0.1, -0.05) is 15.9 Å². The van der Waals surface area contributed by atoms with Crippen molar-refractivity contribution in [2.75, 3.05) is 5.33 Å². The van der Waals surface area contributed by atoms with Crippen molar-refractivity contribution in [3.05, 3.63) is 71.3 Å². The summed E-state index contributed by atoms with van der Waals surface area (Å²) in [5.74, 6) is -0.717. The maximum atomic E-state index is 12.3. The van der Waals surface area contributed by atoms with Crippen LogP contribution in [-0.2, 0) is 11.3 Å². The fourth-order valence-corrected chi connectivity index (χ4v) is 1.72. The Hall–Kier alpha value is -0.401. The zero-order chi connectivity index (χ0) is 18.5. The van der Waals surface area contributed by atoms with Crippen LogP contribution in [0.2, 0.25) is 0 Å². The van der Waals surface area contributed by atoms with Crippen molar-refractivity contribution >= 4 is 55.7 Å². The van der Waals surface area contributed by atoms with Crippen molar-refractivity contribution in [2.45, 2.75) is 6.92 Å². The van der Waals surface area contributed by atoms with Crippen LogP contribution >= 0.6 is 44.2 Å². The molecule has 0 heterocycles. The molecule has 0 N–H and O–H groups in total. The molecule has 0 radical (unpaired) electrons. The van der Waals surface area contributed by atoms with E-state index in [0.717, 1.165) is 0 Å². The van der Waals surface area contributed by atoms with Gasteiger partial charge in [-0.05, 0) is 55.5 Å². The molecule has 24 heavy (non-hydrogen) atoms. The summed E-state index contributed by atoms with van der Waals surface area (Å²) in [6.45, 7) is 1.45. The van der Waals surface area contributed by atoms with Gasteiger partial charge in [0.2, 0.25) is 0 Å². The van der Waals surface area contributed by atoms with Crippen LogP contribution in [0, 0.1) is 11.6 Å². The van der Waals surface area contributed by atoms with Crippen LogP contribution in [0.1, 0.15) is 27.6 Å². The number of halogens is 5. The van der Waals surface area contributed by atoms with Gasteiger partial charge in [0.15, 0.2) is 11.6 Å². The molecular weight excluding hydrogens is 565 g/mol. The minimum atomic E-state index is -0.323. The third-order valence-corrected chi connectivity index (χ3v) is 3.05. The number of Topliss-reactive ketones (excluding diaryl/α,β-unsaturated/α-hetero) is 2. The number of alkyl halides is 1. The zero-order valence-electron chi connectivity index (χ0n) is 12.3. The first kappa shape index (κ1) is 23.6. The molecule has 2 rings (SSSR count). The Morgan fingerprint density at radius 2 is 1.21 bits per heavy atom. The van der Waals surface area contributed by atoms with E-state index >= 15 is 0 Å². The number of hydrogen-bond acceptors (Lipinski definition) is 2. The van der Waals surface area contributed by atoms with Crippen LogP contribution in [0.3, 0.4) is 0 Å². The van der Waals surface area contributed by atoms with Crippen LogP contribution in [0.25, 0.3) is 0 Å². The molecule has 0 atom stereocenters. The van der Waals surface area contributed by atoms with Gasteiger partial charge in [-0.3, -0.25) is 9.59 Å². The first-order chi connectivity index (χ1) is 11.3. The zero-order valence-corrected chi connectivity index (χ0v) is 18.0. The molecule has 0 aromatic heterocycles. The molecule has 2 aromatic carbocycles. The van der Waals surface area contributed by atoms with Crippen LogP contribution in [-0.4, -0.2) is 16.9 Å². The molecule has 0 aliphatic rings. The van der Waals surface area contributed by atoms with Crippen molar-refractivity contribution in [2.24, 2.45) is 0 Å². The van der Waals surface area contributed by atoms with Gasteiger partial charge in [-0.2, -0.15) is 0 Å². The number of hydrogen-bond donors (Lipinski definition) is 0. The van der Waals surface area contributed by atoms with Crippen molar-refractivity contribution in [1.29, 1.82) is 0 Å². The topological polar surface area (TPSA) is 34.1 Å². The second kappa shape index (κ2) is 13.8. The van der Waals surface area contributed by atoms with E-state index in [1.807, 2.05) is 0 Å². The quantitative estimate of drug-likeness (QED) is 0.250. The summed E-state index contributed by atoms with van der Waals surface area (Å²) in [6, 6.07) is 11.0. The Morgan fingerprint density at radius 3 is 1.50 bits per heavy atom. The maximum absolute atomic E-state index is 12.3. The van der Waals surface area contributed by atoms with E-state index in [1.54, 1.807) is 0 Å². The van der Waals surface area contributed by atoms with Crippen molar-refractivity contribution in [3.63, 3.8) is 0 Å². The summed E-state index contributed by atoms with van der Waals surface area (Å²) in [7, 11) is 0. The molecule has 0 unspecified atom stereocenters. The van der Waals surface area contributed by atoms with E-state index in [-0.39, 0.29) is 28.5 Å².